The number of nitrogens with zero attached hydrogens (tertiary/aromatic N) is 2. The first-order chi connectivity index (χ1) is 8.60. The summed E-state index contributed by atoms with van der Waals surface area (Å²) in [5.41, 5.74) is 3.58. The average molecular weight is 249 g/mol. The van der Waals surface area contributed by atoms with Crippen molar-refractivity contribution in [1.82, 2.24) is 15.2 Å². The van der Waals surface area contributed by atoms with Crippen molar-refractivity contribution in [2.24, 2.45) is 5.84 Å². The van der Waals surface area contributed by atoms with Crippen molar-refractivity contribution in [2.75, 3.05) is 25.1 Å². The molecular weight excluding hydrogens is 234 g/mol. The number of rotatable bonds is 2. The van der Waals surface area contributed by atoms with Gasteiger partial charge in [-0.1, -0.05) is 0 Å². The Kier molecular flexibility index (Phi) is 3.42. The first kappa shape index (κ1) is 12.3. The molecule has 2 amide bonds. The molecule has 1 fully saturated rings. The Morgan fingerprint density at radius 2 is 2.33 bits per heavy atom. The van der Waals surface area contributed by atoms with Gasteiger partial charge in [-0.05, 0) is 19.1 Å². The van der Waals surface area contributed by atoms with Gasteiger partial charge < -0.3 is 15.6 Å². The molecular formula is C11H15N5O2. The smallest absolute Gasteiger partial charge is 0.254 e. The zero-order valence-electron chi connectivity index (χ0n) is 10.1. The van der Waals surface area contributed by atoms with E-state index >= 15 is 0 Å². The van der Waals surface area contributed by atoms with Crippen molar-refractivity contribution in [3.63, 3.8) is 0 Å². The van der Waals surface area contributed by atoms with E-state index in [4.69, 9.17) is 5.84 Å². The second-order valence-corrected chi connectivity index (χ2v) is 4.10. The maximum atomic E-state index is 12.2. The summed E-state index contributed by atoms with van der Waals surface area (Å²) in [5.74, 6) is 5.39. The summed E-state index contributed by atoms with van der Waals surface area (Å²) >= 11 is 0. The van der Waals surface area contributed by atoms with Crippen molar-refractivity contribution in [2.45, 2.75) is 6.92 Å². The van der Waals surface area contributed by atoms with Crippen LogP contribution in [0.15, 0.2) is 12.1 Å². The second kappa shape index (κ2) is 5.01. The molecule has 1 aliphatic heterocycles. The molecule has 18 heavy (non-hydrogen) atoms. The highest BCUT2D eigenvalue weighted by atomic mass is 16.2. The molecule has 1 saturated heterocycles. The van der Waals surface area contributed by atoms with Gasteiger partial charge in [-0.15, -0.1) is 0 Å². The van der Waals surface area contributed by atoms with E-state index in [-0.39, 0.29) is 18.4 Å². The number of carbonyl (C=O) groups is 2. The third-order valence-electron chi connectivity index (χ3n) is 2.67. The molecule has 1 aliphatic rings. The molecule has 0 saturated carbocycles. The quantitative estimate of drug-likeness (QED) is 0.473. The van der Waals surface area contributed by atoms with E-state index in [1.54, 1.807) is 19.1 Å². The summed E-state index contributed by atoms with van der Waals surface area (Å²) in [7, 11) is 0. The van der Waals surface area contributed by atoms with Gasteiger partial charge in [0.25, 0.3) is 5.91 Å². The Bertz CT molecular complexity index is 488. The number of anilines is 1. The van der Waals surface area contributed by atoms with E-state index in [1.807, 2.05) is 0 Å². The first-order valence-corrected chi connectivity index (χ1v) is 5.61. The lowest BCUT2D eigenvalue weighted by Crippen LogP contribution is -2.50. The summed E-state index contributed by atoms with van der Waals surface area (Å²) in [6.07, 6.45) is 0. The van der Waals surface area contributed by atoms with Crippen LogP contribution in [0.25, 0.3) is 0 Å². The predicted molar refractivity (Wildman–Crippen MR) is 65.7 cm³/mol. The van der Waals surface area contributed by atoms with Crippen LogP contribution in [0.4, 0.5) is 5.82 Å². The monoisotopic (exact) mass is 249 g/mol. The Labute approximate surface area is 104 Å². The van der Waals surface area contributed by atoms with Crippen LogP contribution in [0, 0.1) is 6.92 Å². The van der Waals surface area contributed by atoms with Gasteiger partial charge >= 0.3 is 0 Å². The minimum Gasteiger partial charge on any atom is -0.353 e. The lowest BCUT2D eigenvalue weighted by atomic mass is 10.2. The predicted octanol–water partition coefficient (Wildman–Crippen LogP) is -0.752. The molecule has 96 valence electrons. The molecule has 0 atom stereocenters. The topological polar surface area (TPSA) is 100 Å². The Morgan fingerprint density at radius 3 is 3.00 bits per heavy atom. The van der Waals surface area contributed by atoms with Gasteiger partial charge in [0.15, 0.2) is 0 Å². The fourth-order valence-electron chi connectivity index (χ4n) is 1.86. The van der Waals surface area contributed by atoms with Gasteiger partial charge in [0.05, 0.1) is 6.54 Å². The molecule has 0 aliphatic carbocycles. The maximum Gasteiger partial charge on any atom is 0.254 e. The van der Waals surface area contributed by atoms with Crippen molar-refractivity contribution in [3.8, 4) is 0 Å². The van der Waals surface area contributed by atoms with Gasteiger partial charge in [0, 0.05) is 24.3 Å². The van der Waals surface area contributed by atoms with E-state index in [2.05, 4.69) is 15.7 Å². The van der Waals surface area contributed by atoms with E-state index in [9.17, 15) is 9.59 Å². The number of nitrogens with one attached hydrogen (secondary N) is 2. The zero-order valence-corrected chi connectivity index (χ0v) is 10.1. The van der Waals surface area contributed by atoms with E-state index in [0.29, 0.717) is 30.2 Å². The summed E-state index contributed by atoms with van der Waals surface area (Å²) < 4.78 is 0. The highest BCUT2D eigenvalue weighted by Crippen LogP contribution is 2.12. The molecule has 0 radical (unpaired) electrons. The molecule has 2 heterocycles. The molecule has 0 unspecified atom stereocenters. The van der Waals surface area contributed by atoms with Crippen molar-refractivity contribution in [3.05, 3.63) is 23.4 Å². The normalized spacial score (nSPS) is 15.2. The van der Waals surface area contributed by atoms with Crippen molar-refractivity contribution in [1.29, 1.82) is 0 Å². The van der Waals surface area contributed by atoms with E-state index in [1.165, 1.54) is 4.90 Å². The number of amides is 2. The molecule has 0 aromatic carbocycles. The average Bonchev–Trinajstić information content (AvgIpc) is 2.37. The molecule has 1 aromatic rings. The number of hydrazine groups is 1. The molecule has 4 N–H and O–H groups in total. The Morgan fingerprint density at radius 1 is 1.56 bits per heavy atom. The van der Waals surface area contributed by atoms with Gasteiger partial charge in [-0.2, -0.15) is 0 Å². The second-order valence-electron chi connectivity index (χ2n) is 4.10. The van der Waals surface area contributed by atoms with Crippen LogP contribution in [0.5, 0.6) is 0 Å². The molecule has 2 rings (SSSR count). The summed E-state index contributed by atoms with van der Waals surface area (Å²) in [4.78, 5) is 29.1. The lowest BCUT2D eigenvalue weighted by Gasteiger charge is -2.26. The fraction of sp³-hybridized carbons (Fsp3) is 0.364. The van der Waals surface area contributed by atoms with Gasteiger partial charge in [0.1, 0.15) is 5.82 Å². The number of nitrogen functional groups attached to an aromatic ring is 1. The molecule has 0 bridgehead atoms. The number of piperazine rings is 1. The van der Waals surface area contributed by atoms with Gasteiger partial charge in [-0.3, -0.25) is 9.59 Å². The fourth-order valence-corrected chi connectivity index (χ4v) is 1.86. The first-order valence-electron chi connectivity index (χ1n) is 5.61. The third-order valence-corrected chi connectivity index (χ3v) is 2.67. The number of carbonyl (C=O) groups excluding carboxylic acids is 2. The minimum absolute atomic E-state index is 0.0889. The summed E-state index contributed by atoms with van der Waals surface area (Å²) in [5, 5.41) is 2.67. The third kappa shape index (κ3) is 2.57. The van der Waals surface area contributed by atoms with Crippen LogP contribution >= 0.6 is 0 Å². The number of aryl methyl sites for hydroxylation is 1. The summed E-state index contributed by atoms with van der Waals surface area (Å²) in [6.45, 7) is 2.86. The Hall–Kier alpha value is -2.15. The zero-order chi connectivity index (χ0) is 13.1. The number of hydrogen-bond donors (Lipinski definition) is 3. The summed E-state index contributed by atoms with van der Waals surface area (Å²) in [6, 6.07) is 3.25. The van der Waals surface area contributed by atoms with Crippen LogP contribution in [0.2, 0.25) is 0 Å². The van der Waals surface area contributed by atoms with E-state index in [0.717, 1.165) is 0 Å². The Balaban J connectivity index is 2.22. The standard InChI is InChI=1S/C11H15N5O2/c1-7-4-8(5-9(14-7)15-12)11(18)16-3-2-13-10(17)6-16/h4-5H,2-3,6,12H2,1H3,(H,13,17)(H,14,15). The number of nitrogens with two attached hydrogens (primary N) is 1. The van der Waals surface area contributed by atoms with Crippen LogP contribution in [-0.4, -0.2) is 41.3 Å². The van der Waals surface area contributed by atoms with Crippen molar-refractivity contribution < 1.29 is 9.59 Å². The van der Waals surface area contributed by atoms with Gasteiger partial charge in [0.2, 0.25) is 5.91 Å². The SMILES string of the molecule is Cc1cc(C(=O)N2CCNC(=O)C2)cc(NN)n1. The highest BCUT2D eigenvalue weighted by molar-refractivity contribution is 5.97. The lowest BCUT2D eigenvalue weighted by molar-refractivity contribution is -0.123. The number of aromatic nitrogens is 1. The molecule has 7 heteroatoms. The molecule has 7 nitrogen and oxygen atoms in total. The van der Waals surface area contributed by atoms with Crippen molar-refractivity contribution >= 4 is 17.6 Å². The number of hydrogen-bond acceptors (Lipinski definition) is 5. The van der Waals surface area contributed by atoms with Crippen LogP contribution < -0.4 is 16.6 Å². The number of pyridine rings is 1. The van der Waals surface area contributed by atoms with Crippen LogP contribution in [0.3, 0.4) is 0 Å². The van der Waals surface area contributed by atoms with Crippen LogP contribution in [0.1, 0.15) is 16.1 Å². The van der Waals surface area contributed by atoms with E-state index < -0.39 is 0 Å². The molecule has 1 aromatic heterocycles. The minimum atomic E-state index is -0.188. The van der Waals surface area contributed by atoms with Gasteiger partial charge in [-0.25, -0.2) is 10.8 Å². The van der Waals surface area contributed by atoms with Crippen LogP contribution in [-0.2, 0) is 4.79 Å². The highest BCUT2D eigenvalue weighted by Gasteiger charge is 2.22. The largest absolute Gasteiger partial charge is 0.353 e. The maximum absolute atomic E-state index is 12.2. The molecule has 0 spiro atoms.